The van der Waals surface area contributed by atoms with Crippen LogP contribution in [0.3, 0.4) is 0 Å². The summed E-state index contributed by atoms with van der Waals surface area (Å²) in [4.78, 5) is 31.1. The summed E-state index contributed by atoms with van der Waals surface area (Å²) in [6.45, 7) is 4.98. The molecule has 1 N–H and O–H groups in total. The number of nitrogens with zero attached hydrogens (tertiary/aromatic N) is 5. The summed E-state index contributed by atoms with van der Waals surface area (Å²) < 4.78 is 5.47. The summed E-state index contributed by atoms with van der Waals surface area (Å²) in [6, 6.07) is 17.7. The first-order valence-electron chi connectivity index (χ1n) is 11.5. The molecule has 3 heterocycles. The van der Waals surface area contributed by atoms with Crippen LogP contribution in [0.4, 0.5) is 11.9 Å². The van der Waals surface area contributed by atoms with Crippen molar-refractivity contribution in [2.75, 3.05) is 49.2 Å². The van der Waals surface area contributed by atoms with E-state index in [0.717, 1.165) is 50.1 Å². The third-order valence-corrected chi connectivity index (χ3v) is 6.00. The van der Waals surface area contributed by atoms with Gasteiger partial charge in [0.15, 0.2) is 5.82 Å². The van der Waals surface area contributed by atoms with Gasteiger partial charge in [-0.1, -0.05) is 42.5 Å². The Morgan fingerprint density at radius 3 is 2.06 bits per heavy atom. The van der Waals surface area contributed by atoms with Crippen LogP contribution in [0.2, 0.25) is 0 Å². The Morgan fingerprint density at radius 1 is 0.788 bits per heavy atom. The highest BCUT2D eigenvalue weighted by atomic mass is 16.5. The van der Waals surface area contributed by atoms with E-state index in [9.17, 15) is 4.79 Å². The number of amides is 1. The molecule has 8 nitrogen and oxygen atoms in total. The second kappa shape index (κ2) is 9.95. The van der Waals surface area contributed by atoms with Crippen LogP contribution in [0.25, 0.3) is 11.1 Å². The fourth-order valence-corrected chi connectivity index (χ4v) is 4.14. The van der Waals surface area contributed by atoms with Crippen molar-refractivity contribution >= 4 is 17.8 Å². The summed E-state index contributed by atoms with van der Waals surface area (Å²) in [7, 11) is 0. The van der Waals surface area contributed by atoms with Gasteiger partial charge in [-0.05, 0) is 36.1 Å². The van der Waals surface area contributed by atoms with E-state index in [1.807, 2.05) is 42.5 Å². The van der Waals surface area contributed by atoms with Gasteiger partial charge < -0.3 is 19.9 Å². The predicted molar refractivity (Wildman–Crippen MR) is 127 cm³/mol. The number of hydrogen-bond donors (Lipinski definition) is 1. The summed E-state index contributed by atoms with van der Waals surface area (Å²) >= 11 is 0. The maximum atomic E-state index is 12.8. The normalized spacial score (nSPS) is 16.1. The molecule has 0 saturated carbocycles. The second-order valence-corrected chi connectivity index (χ2v) is 8.27. The number of nitrogens with one attached hydrogen (secondary N) is 1. The molecule has 8 heteroatoms. The van der Waals surface area contributed by atoms with Crippen molar-refractivity contribution in [2.24, 2.45) is 0 Å². The molecular weight excluding hydrogens is 416 g/mol. The van der Waals surface area contributed by atoms with Crippen molar-refractivity contribution in [3.8, 4) is 11.1 Å². The third kappa shape index (κ3) is 5.12. The van der Waals surface area contributed by atoms with E-state index in [2.05, 4.69) is 37.2 Å². The van der Waals surface area contributed by atoms with Crippen LogP contribution in [0.15, 0.2) is 54.6 Å². The van der Waals surface area contributed by atoms with Gasteiger partial charge in [-0.15, -0.1) is 0 Å². The lowest BCUT2D eigenvalue weighted by molar-refractivity contribution is 0.0950. The molecule has 0 spiro atoms. The zero-order valence-electron chi connectivity index (χ0n) is 18.6. The predicted octanol–water partition coefficient (Wildman–Crippen LogP) is 2.91. The Hall–Kier alpha value is -3.52. The highest BCUT2D eigenvalue weighted by Gasteiger charge is 2.21. The van der Waals surface area contributed by atoms with Crippen LogP contribution in [0.1, 0.15) is 29.0 Å². The van der Waals surface area contributed by atoms with Gasteiger partial charge in [-0.3, -0.25) is 4.79 Å². The number of anilines is 2. The van der Waals surface area contributed by atoms with Crippen molar-refractivity contribution in [3.05, 3.63) is 66.0 Å². The lowest BCUT2D eigenvalue weighted by Gasteiger charge is -2.28. The van der Waals surface area contributed by atoms with Crippen molar-refractivity contribution in [3.63, 3.8) is 0 Å². The molecule has 1 aromatic heterocycles. The van der Waals surface area contributed by atoms with Gasteiger partial charge in [0.05, 0.1) is 19.8 Å². The van der Waals surface area contributed by atoms with Crippen LogP contribution in [-0.2, 0) is 11.3 Å². The molecule has 0 unspecified atom stereocenters. The SMILES string of the molecule is O=C(NCc1nc(N2CCCC2)nc(N2CCOCC2)n1)c1ccc(-c2ccccc2)cc1. The van der Waals surface area contributed by atoms with Gasteiger partial charge in [0.1, 0.15) is 0 Å². The van der Waals surface area contributed by atoms with E-state index >= 15 is 0 Å². The Morgan fingerprint density at radius 2 is 1.39 bits per heavy atom. The summed E-state index contributed by atoms with van der Waals surface area (Å²) in [5.41, 5.74) is 2.81. The van der Waals surface area contributed by atoms with Gasteiger partial charge in [-0.25, -0.2) is 0 Å². The summed E-state index contributed by atoms with van der Waals surface area (Å²) in [5.74, 6) is 1.78. The first-order valence-corrected chi connectivity index (χ1v) is 11.5. The second-order valence-electron chi connectivity index (χ2n) is 8.27. The molecular formula is C25H28N6O2. The van der Waals surface area contributed by atoms with Gasteiger partial charge in [0.25, 0.3) is 5.91 Å². The highest BCUT2D eigenvalue weighted by Crippen LogP contribution is 2.21. The summed E-state index contributed by atoms with van der Waals surface area (Å²) in [5, 5.41) is 2.97. The molecule has 2 saturated heterocycles. The molecule has 2 fully saturated rings. The van der Waals surface area contributed by atoms with Crippen molar-refractivity contribution < 1.29 is 9.53 Å². The van der Waals surface area contributed by atoms with E-state index < -0.39 is 0 Å². The number of benzene rings is 2. The zero-order chi connectivity index (χ0) is 22.5. The Kier molecular flexibility index (Phi) is 6.44. The van der Waals surface area contributed by atoms with Crippen LogP contribution in [0.5, 0.6) is 0 Å². The van der Waals surface area contributed by atoms with Gasteiger partial charge in [0, 0.05) is 31.7 Å². The highest BCUT2D eigenvalue weighted by molar-refractivity contribution is 5.94. The van der Waals surface area contributed by atoms with Gasteiger partial charge >= 0.3 is 0 Å². The quantitative estimate of drug-likeness (QED) is 0.626. The van der Waals surface area contributed by atoms with E-state index in [4.69, 9.17) is 9.72 Å². The topological polar surface area (TPSA) is 83.5 Å². The fraction of sp³-hybridized carbons (Fsp3) is 0.360. The monoisotopic (exact) mass is 444 g/mol. The number of hydrogen-bond acceptors (Lipinski definition) is 7. The smallest absolute Gasteiger partial charge is 0.251 e. The van der Waals surface area contributed by atoms with Crippen molar-refractivity contribution in [1.82, 2.24) is 20.3 Å². The van der Waals surface area contributed by atoms with Crippen LogP contribution < -0.4 is 15.1 Å². The van der Waals surface area contributed by atoms with Crippen LogP contribution in [-0.4, -0.2) is 60.3 Å². The van der Waals surface area contributed by atoms with Crippen molar-refractivity contribution in [1.29, 1.82) is 0 Å². The van der Waals surface area contributed by atoms with E-state index in [1.54, 1.807) is 0 Å². The van der Waals surface area contributed by atoms with Crippen molar-refractivity contribution in [2.45, 2.75) is 19.4 Å². The maximum Gasteiger partial charge on any atom is 0.251 e. The molecule has 2 aliphatic heterocycles. The fourth-order valence-electron chi connectivity index (χ4n) is 4.14. The number of carbonyl (C=O) groups excluding carboxylic acids is 1. The molecule has 3 aromatic rings. The third-order valence-electron chi connectivity index (χ3n) is 6.00. The van der Waals surface area contributed by atoms with Gasteiger partial charge in [-0.2, -0.15) is 15.0 Å². The number of carbonyl (C=O) groups is 1. The Labute approximate surface area is 193 Å². The van der Waals surface area contributed by atoms with E-state index in [-0.39, 0.29) is 12.5 Å². The summed E-state index contributed by atoms with van der Waals surface area (Å²) in [6.07, 6.45) is 2.28. The molecule has 1 amide bonds. The van der Waals surface area contributed by atoms with E-state index in [0.29, 0.717) is 36.5 Å². The molecule has 2 aliphatic rings. The average Bonchev–Trinajstić information content (AvgIpc) is 3.44. The molecule has 0 radical (unpaired) electrons. The lowest BCUT2D eigenvalue weighted by atomic mass is 10.0. The first-order chi connectivity index (χ1) is 16.3. The molecule has 170 valence electrons. The Bertz CT molecular complexity index is 1080. The molecule has 2 aromatic carbocycles. The van der Waals surface area contributed by atoms with Crippen LogP contribution >= 0.6 is 0 Å². The zero-order valence-corrected chi connectivity index (χ0v) is 18.6. The van der Waals surface area contributed by atoms with E-state index in [1.165, 1.54) is 0 Å². The maximum absolute atomic E-state index is 12.8. The molecule has 0 bridgehead atoms. The Balaban J connectivity index is 1.29. The van der Waals surface area contributed by atoms with Gasteiger partial charge in [0.2, 0.25) is 11.9 Å². The molecule has 0 atom stereocenters. The molecule has 0 aliphatic carbocycles. The lowest BCUT2D eigenvalue weighted by Crippen LogP contribution is -2.38. The first kappa shape index (κ1) is 21.3. The number of morpholine rings is 1. The molecule has 5 rings (SSSR count). The minimum atomic E-state index is -0.148. The largest absolute Gasteiger partial charge is 0.378 e. The number of aromatic nitrogens is 3. The number of ether oxygens (including phenoxy) is 1. The standard InChI is InChI=1S/C25H28N6O2/c32-23(21-10-8-20(9-11-21)19-6-2-1-3-7-19)26-18-22-27-24(30-12-4-5-13-30)29-25(28-22)31-14-16-33-17-15-31/h1-3,6-11H,4-5,12-18H2,(H,26,32). The molecule has 33 heavy (non-hydrogen) atoms. The number of rotatable bonds is 6. The average molecular weight is 445 g/mol. The van der Waals surface area contributed by atoms with Crippen LogP contribution in [0, 0.1) is 0 Å². The minimum Gasteiger partial charge on any atom is -0.378 e. The minimum absolute atomic E-state index is 0.148.